The summed E-state index contributed by atoms with van der Waals surface area (Å²) in [4.78, 5) is 12.1. The standard InChI is InChI=1S/C13H10ClNO/c14-11-8-4-7-10(12(11)15)13(16)9-5-2-1-3-6-9/h1-8H,15H2. The van der Waals surface area contributed by atoms with Gasteiger partial charge in [0.2, 0.25) is 0 Å². The first-order valence-electron chi connectivity index (χ1n) is 4.84. The first-order chi connectivity index (χ1) is 7.70. The number of anilines is 1. The van der Waals surface area contributed by atoms with Crippen LogP contribution in [-0.4, -0.2) is 5.78 Å². The fourth-order valence-corrected chi connectivity index (χ4v) is 1.65. The Hall–Kier alpha value is -1.80. The Morgan fingerprint density at radius 1 is 1.00 bits per heavy atom. The molecule has 0 aromatic heterocycles. The summed E-state index contributed by atoms with van der Waals surface area (Å²) in [5.74, 6) is -0.111. The number of benzene rings is 2. The van der Waals surface area contributed by atoms with Crippen LogP contribution in [0.2, 0.25) is 5.02 Å². The second-order valence-corrected chi connectivity index (χ2v) is 3.80. The number of nitrogen functional groups attached to an aromatic ring is 1. The highest BCUT2D eigenvalue weighted by molar-refractivity contribution is 6.34. The van der Waals surface area contributed by atoms with Crippen molar-refractivity contribution in [3.8, 4) is 0 Å². The van der Waals surface area contributed by atoms with E-state index < -0.39 is 0 Å². The molecule has 3 heteroatoms. The van der Waals surface area contributed by atoms with Crippen LogP contribution in [0.4, 0.5) is 5.69 Å². The second-order valence-electron chi connectivity index (χ2n) is 3.40. The fourth-order valence-electron chi connectivity index (χ4n) is 1.48. The molecule has 0 atom stereocenters. The van der Waals surface area contributed by atoms with E-state index in [0.717, 1.165) is 0 Å². The Bertz CT molecular complexity index is 523. The van der Waals surface area contributed by atoms with Crippen LogP contribution in [0.1, 0.15) is 15.9 Å². The number of hydrogen-bond acceptors (Lipinski definition) is 2. The average Bonchev–Trinajstić information content (AvgIpc) is 2.33. The molecule has 0 amide bonds. The molecule has 0 aliphatic carbocycles. The van der Waals surface area contributed by atoms with Crippen LogP contribution in [0, 0.1) is 0 Å². The van der Waals surface area contributed by atoms with Gasteiger partial charge in [0.25, 0.3) is 0 Å². The molecule has 0 unspecified atom stereocenters. The molecule has 2 rings (SSSR count). The topological polar surface area (TPSA) is 43.1 Å². The molecular formula is C13H10ClNO. The van der Waals surface area contributed by atoms with Crippen molar-refractivity contribution in [2.45, 2.75) is 0 Å². The van der Waals surface area contributed by atoms with Crippen molar-refractivity contribution in [3.63, 3.8) is 0 Å². The summed E-state index contributed by atoms with van der Waals surface area (Å²) < 4.78 is 0. The Labute approximate surface area is 98.7 Å². The Kier molecular flexibility index (Phi) is 2.93. The maximum Gasteiger partial charge on any atom is 0.195 e. The third kappa shape index (κ3) is 1.92. The van der Waals surface area contributed by atoms with Crippen molar-refractivity contribution in [3.05, 3.63) is 64.7 Å². The lowest BCUT2D eigenvalue weighted by Crippen LogP contribution is -2.05. The number of hydrogen-bond donors (Lipinski definition) is 1. The second kappa shape index (κ2) is 4.37. The number of nitrogens with two attached hydrogens (primary N) is 1. The van der Waals surface area contributed by atoms with Crippen molar-refractivity contribution in [2.24, 2.45) is 0 Å². The fraction of sp³-hybridized carbons (Fsp3) is 0. The Morgan fingerprint density at radius 3 is 2.38 bits per heavy atom. The van der Waals surface area contributed by atoms with Gasteiger partial charge in [0.1, 0.15) is 0 Å². The van der Waals surface area contributed by atoms with Gasteiger partial charge < -0.3 is 5.73 Å². The van der Waals surface area contributed by atoms with Crippen LogP contribution in [-0.2, 0) is 0 Å². The molecular weight excluding hydrogens is 222 g/mol. The molecule has 2 aromatic carbocycles. The summed E-state index contributed by atoms with van der Waals surface area (Å²) in [6.07, 6.45) is 0. The summed E-state index contributed by atoms with van der Waals surface area (Å²) in [7, 11) is 0. The normalized spacial score (nSPS) is 10.1. The highest BCUT2D eigenvalue weighted by Crippen LogP contribution is 2.24. The van der Waals surface area contributed by atoms with Gasteiger partial charge in [0.05, 0.1) is 10.7 Å². The molecule has 2 aromatic rings. The predicted molar refractivity (Wildman–Crippen MR) is 65.7 cm³/mol. The monoisotopic (exact) mass is 231 g/mol. The molecule has 16 heavy (non-hydrogen) atoms. The van der Waals surface area contributed by atoms with Crippen LogP contribution >= 0.6 is 11.6 Å². The van der Waals surface area contributed by atoms with E-state index in [4.69, 9.17) is 17.3 Å². The number of rotatable bonds is 2. The molecule has 0 radical (unpaired) electrons. The largest absolute Gasteiger partial charge is 0.397 e. The van der Waals surface area contributed by atoms with Gasteiger partial charge in [-0.2, -0.15) is 0 Å². The van der Waals surface area contributed by atoms with Gasteiger partial charge >= 0.3 is 0 Å². The average molecular weight is 232 g/mol. The zero-order chi connectivity index (χ0) is 11.5. The molecule has 0 saturated carbocycles. The van der Waals surface area contributed by atoms with E-state index in [0.29, 0.717) is 21.8 Å². The van der Waals surface area contributed by atoms with Gasteiger partial charge in [-0.15, -0.1) is 0 Å². The first kappa shape index (κ1) is 10.7. The van der Waals surface area contributed by atoms with E-state index in [1.165, 1.54) is 0 Å². The Balaban J connectivity index is 2.46. The van der Waals surface area contributed by atoms with Crippen LogP contribution in [0.5, 0.6) is 0 Å². The number of carbonyl (C=O) groups excluding carboxylic acids is 1. The van der Waals surface area contributed by atoms with Crippen LogP contribution < -0.4 is 5.73 Å². The molecule has 0 aliphatic rings. The summed E-state index contributed by atoms with van der Waals surface area (Å²) in [5.41, 5.74) is 7.15. The SMILES string of the molecule is Nc1c(Cl)cccc1C(=O)c1ccccc1. The third-order valence-corrected chi connectivity index (χ3v) is 2.66. The van der Waals surface area contributed by atoms with Crippen molar-refractivity contribution in [1.29, 1.82) is 0 Å². The van der Waals surface area contributed by atoms with E-state index in [1.807, 2.05) is 18.2 Å². The van der Waals surface area contributed by atoms with Crippen molar-refractivity contribution in [1.82, 2.24) is 0 Å². The molecule has 0 aliphatic heterocycles. The molecule has 0 saturated heterocycles. The highest BCUT2D eigenvalue weighted by atomic mass is 35.5. The molecule has 0 fully saturated rings. The quantitative estimate of drug-likeness (QED) is 0.637. The van der Waals surface area contributed by atoms with Gasteiger partial charge in [-0.3, -0.25) is 4.79 Å². The third-order valence-electron chi connectivity index (χ3n) is 2.33. The number of carbonyl (C=O) groups is 1. The summed E-state index contributed by atoms with van der Waals surface area (Å²) >= 11 is 5.87. The molecule has 80 valence electrons. The van der Waals surface area contributed by atoms with Gasteiger partial charge in [-0.1, -0.05) is 48.0 Å². The van der Waals surface area contributed by atoms with Crippen LogP contribution in [0.3, 0.4) is 0 Å². The van der Waals surface area contributed by atoms with Crippen LogP contribution in [0.25, 0.3) is 0 Å². The molecule has 2 nitrogen and oxygen atoms in total. The highest BCUT2D eigenvalue weighted by Gasteiger charge is 2.13. The zero-order valence-corrected chi connectivity index (χ0v) is 9.24. The number of halogens is 1. The minimum absolute atomic E-state index is 0.111. The van der Waals surface area contributed by atoms with Crippen molar-refractivity contribution in [2.75, 3.05) is 5.73 Å². The molecule has 0 spiro atoms. The molecule has 2 N–H and O–H groups in total. The zero-order valence-electron chi connectivity index (χ0n) is 8.48. The van der Waals surface area contributed by atoms with E-state index in [-0.39, 0.29) is 5.78 Å². The number of para-hydroxylation sites is 1. The van der Waals surface area contributed by atoms with Crippen molar-refractivity contribution < 1.29 is 4.79 Å². The maximum atomic E-state index is 12.1. The lowest BCUT2D eigenvalue weighted by atomic mass is 10.0. The lowest BCUT2D eigenvalue weighted by molar-refractivity contribution is 0.103. The van der Waals surface area contributed by atoms with Crippen molar-refractivity contribution >= 4 is 23.1 Å². The molecule has 0 heterocycles. The van der Waals surface area contributed by atoms with E-state index in [9.17, 15) is 4.79 Å². The van der Waals surface area contributed by atoms with E-state index >= 15 is 0 Å². The maximum absolute atomic E-state index is 12.1. The van der Waals surface area contributed by atoms with Gasteiger partial charge in [-0.25, -0.2) is 0 Å². The van der Waals surface area contributed by atoms with Gasteiger partial charge in [0.15, 0.2) is 5.78 Å². The first-order valence-corrected chi connectivity index (χ1v) is 5.21. The summed E-state index contributed by atoms with van der Waals surface area (Å²) in [6.45, 7) is 0. The van der Waals surface area contributed by atoms with Crippen LogP contribution in [0.15, 0.2) is 48.5 Å². The Morgan fingerprint density at radius 2 is 1.69 bits per heavy atom. The smallest absolute Gasteiger partial charge is 0.195 e. The minimum Gasteiger partial charge on any atom is -0.397 e. The minimum atomic E-state index is -0.111. The van der Waals surface area contributed by atoms with Gasteiger partial charge in [-0.05, 0) is 12.1 Å². The summed E-state index contributed by atoms with van der Waals surface area (Å²) in [6, 6.07) is 14.1. The predicted octanol–water partition coefficient (Wildman–Crippen LogP) is 3.15. The van der Waals surface area contributed by atoms with Gasteiger partial charge in [0, 0.05) is 11.1 Å². The van der Waals surface area contributed by atoms with E-state index in [1.54, 1.807) is 30.3 Å². The molecule has 0 bridgehead atoms. The van der Waals surface area contributed by atoms with E-state index in [2.05, 4.69) is 0 Å². The number of ketones is 1. The lowest BCUT2D eigenvalue weighted by Gasteiger charge is -2.05. The summed E-state index contributed by atoms with van der Waals surface area (Å²) in [5, 5.41) is 0.404.